The van der Waals surface area contributed by atoms with Gasteiger partial charge in [0.15, 0.2) is 0 Å². The summed E-state index contributed by atoms with van der Waals surface area (Å²) in [7, 11) is -3.28. The van der Waals surface area contributed by atoms with E-state index in [1.54, 1.807) is 22.6 Å². The fourth-order valence-corrected chi connectivity index (χ4v) is 4.19. The van der Waals surface area contributed by atoms with E-state index in [2.05, 4.69) is 10.2 Å². The number of sulfonamides is 1. The van der Waals surface area contributed by atoms with Crippen LogP contribution in [0, 0.1) is 0 Å². The quantitative estimate of drug-likeness (QED) is 0.835. The minimum absolute atomic E-state index is 0.0186. The van der Waals surface area contributed by atoms with Gasteiger partial charge in [0.1, 0.15) is 6.10 Å². The summed E-state index contributed by atoms with van der Waals surface area (Å²) in [6, 6.07) is 12.8. The molecule has 0 unspecified atom stereocenters. The molecule has 2 heterocycles. The van der Waals surface area contributed by atoms with E-state index in [4.69, 9.17) is 4.74 Å². The molecule has 0 bridgehead atoms. The fraction of sp³-hybridized carbons (Fsp3) is 0.375. The van der Waals surface area contributed by atoms with E-state index >= 15 is 0 Å². The van der Waals surface area contributed by atoms with Crippen LogP contribution in [0.5, 0.6) is 5.88 Å². The molecule has 1 saturated heterocycles. The SMILES string of the molecule is O=S(=O)(Cc1ccccc1)N1CCC(Oc2cccnn2)CC1. The van der Waals surface area contributed by atoms with Crippen molar-refractivity contribution in [1.82, 2.24) is 14.5 Å². The minimum atomic E-state index is -3.28. The topological polar surface area (TPSA) is 72.4 Å². The van der Waals surface area contributed by atoms with E-state index < -0.39 is 10.0 Å². The van der Waals surface area contributed by atoms with Crippen molar-refractivity contribution in [2.45, 2.75) is 24.7 Å². The van der Waals surface area contributed by atoms with E-state index in [1.807, 2.05) is 30.3 Å². The third-order valence-electron chi connectivity index (χ3n) is 3.82. The summed E-state index contributed by atoms with van der Waals surface area (Å²) in [6.07, 6.45) is 2.88. The maximum Gasteiger partial charge on any atom is 0.233 e. The molecular formula is C16H19N3O3S. The number of hydrogen-bond donors (Lipinski definition) is 0. The zero-order valence-corrected chi connectivity index (χ0v) is 13.5. The van der Waals surface area contributed by atoms with Crippen molar-refractivity contribution in [3.63, 3.8) is 0 Å². The highest BCUT2D eigenvalue weighted by molar-refractivity contribution is 7.88. The lowest BCUT2D eigenvalue weighted by Crippen LogP contribution is -2.42. The van der Waals surface area contributed by atoms with Crippen molar-refractivity contribution in [2.24, 2.45) is 0 Å². The Labute approximate surface area is 136 Å². The molecule has 1 aliphatic rings. The van der Waals surface area contributed by atoms with Gasteiger partial charge in [-0.15, -0.1) is 5.10 Å². The van der Waals surface area contributed by atoms with Crippen LogP contribution in [0.3, 0.4) is 0 Å². The van der Waals surface area contributed by atoms with Crippen molar-refractivity contribution in [1.29, 1.82) is 0 Å². The average molecular weight is 333 g/mol. The number of aromatic nitrogens is 2. The summed E-state index contributed by atoms with van der Waals surface area (Å²) in [5.74, 6) is 0.530. The Morgan fingerprint density at radius 2 is 1.83 bits per heavy atom. The monoisotopic (exact) mass is 333 g/mol. The third kappa shape index (κ3) is 4.27. The first-order valence-electron chi connectivity index (χ1n) is 7.59. The van der Waals surface area contributed by atoms with Crippen LogP contribution in [0.25, 0.3) is 0 Å². The Bertz CT molecular complexity index is 715. The van der Waals surface area contributed by atoms with Crippen LogP contribution in [0.4, 0.5) is 0 Å². The molecule has 0 amide bonds. The number of nitrogens with zero attached hydrogens (tertiary/aromatic N) is 3. The molecule has 0 N–H and O–H groups in total. The Kier molecular flexibility index (Phi) is 4.88. The van der Waals surface area contributed by atoms with Gasteiger partial charge >= 0.3 is 0 Å². The van der Waals surface area contributed by atoms with E-state index in [9.17, 15) is 8.42 Å². The highest BCUT2D eigenvalue weighted by Gasteiger charge is 2.29. The van der Waals surface area contributed by atoms with Crippen LogP contribution in [0.15, 0.2) is 48.7 Å². The van der Waals surface area contributed by atoms with Gasteiger partial charge in [-0.3, -0.25) is 0 Å². The molecule has 0 radical (unpaired) electrons. The lowest BCUT2D eigenvalue weighted by molar-refractivity contribution is 0.128. The maximum atomic E-state index is 12.5. The average Bonchev–Trinajstić information content (AvgIpc) is 2.57. The molecule has 122 valence electrons. The predicted molar refractivity (Wildman–Crippen MR) is 86.3 cm³/mol. The summed E-state index contributed by atoms with van der Waals surface area (Å²) in [4.78, 5) is 0. The van der Waals surface area contributed by atoms with Gasteiger partial charge in [0.25, 0.3) is 0 Å². The lowest BCUT2D eigenvalue weighted by atomic mass is 10.1. The largest absolute Gasteiger partial charge is 0.473 e. The molecule has 0 atom stereocenters. The summed E-state index contributed by atoms with van der Waals surface area (Å²) in [5.41, 5.74) is 0.811. The predicted octanol–water partition coefficient (Wildman–Crippen LogP) is 1.85. The fourth-order valence-electron chi connectivity index (χ4n) is 2.63. The zero-order valence-electron chi connectivity index (χ0n) is 12.7. The first-order valence-corrected chi connectivity index (χ1v) is 9.20. The summed E-state index contributed by atoms with van der Waals surface area (Å²) in [6.45, 7) is 0.945. The van der Waals surface area contributed by atoms with Gasteiger partial charge in [-0.1, -0.05) is 30.3 Å². The third-order valence-corrected chi connectivity index (χ3v) is 5.67. The smallest absolute Gasteiger partial charge is 0.233 e. The first-order chi connectivity index (χ1) is 11.1. The minimum Gasteiger partial charge on any atom is -0.473 e. The molecule has 1 aromatic carbocycles. The van der Waals surface area contributed by atoms with Gasteiger partial charge in [0, 0.05) is 25.4 Å². The second kappa shape index (κ2) is 7.06. The Morgan fingerprint density at radius 3 is 2.48 bits per heavy atom. The van der Waals surface area contributed by atoms with Gasteiger partial charge in [-0.25, -0.2) is 12.7 Å². The van der Waals surface area contributed by atoms with Crippen LogP contribution in [0.1, 0.15) is 18.4 Å². The van der Waals surface area contributed by atoms with Crippen molar-refractivity contribution < 1.29 is 13.2 Å². The second-order valence-corrected chi connectivity index (χ2v) is 7.49. The van der Waals surface area contributed by atoms with Crippen molar-refractivity contribution in [3.05, 3.63) is 54.2 Å². The Hall–Kier alpha value is -1.99. The van der Waals surface area contributed by atoms with Gasteiger partial charge in [-0.2, -0.15) is 5.10 Å². The molecule has 0 aliphatic carbocycles. The van der Waals surface area contributed by atoms with E-state index in [0.29, 0.717) is 31.8 Å². The highest BCUT2D eigenvalue weighted by atomic mass is 32.2. The molecule has 1 aromatic heterocycles. The molecule has 23 heavy (non-hydrogen) atoms. The molecule has 6 nitrogen and oxygen atoms in total. The lowest BCUT2D eigenvalue weighted by Gasteiger charge is -2.31. The number of ether oxygens (including phenoxy) is 1. The maximum absolute atomic E-state index is 12.5. The Morgan fingerprint density at radius 1 is 1.09 bits per heavy atom. The number of piperidine rings is 1. The van der Waals surface area contributed by atoms with E-state index in [-0.39, 0.29) is 11.9 Å². The van der Waals surface area contributed by atoms with Crippen LogP contribution in [-0.2, 0) is 15.8 Å². The summed E-state index contributed by atoms with van der Waals surface area (Å²) < 4.78 is 32.3. The van der Waals surface area contributed by atoms with Crippen LogP contribution in [0.2, 0.25) is 0 Å². The van der Waals surface area contributed by atoms with Crippen LogP contribution >= 0.6 is 0 Å². The van der Waals surface area contributed by atoms with Crippen LogP contribution in [-0.4, -0.2) is 42.1 Å². The van der Waals surface area contributed by atoms with Crippen molar-refractivity contribution >= 4 is 10.0 Å². The number of benzene rings is 1. The van der Waals surface area contributed by atoms with Gasteiger partial charge < -0.3 is 4.74 Å². The molecular weight excluding hydrogens is 314 g/mol. The van der Waals surface area contributed by atoms with Gasteiger partial charge in [-0.05, 0) is 24.5 Å². The summed E-state index contributed by atoms with van der Waals surface area (Å²) >= 11 is 0. The molecule has 0 spiro atoms. The second-order valence-electron chi connectivity index (χ2n) is 5.52. The normalized spacial score (nSPS) is 17.0. The van der Waals surface area contributed by atoms with Crippen molar-refractivity contribution in [3.8, 4) is 5.88 Å². The molecule has 3 rings (SSSR count). The first kappa shape index (κ1) is 15.9. The standard InChI is InChI=1S/C16H19N3O3S/c20-23(21,13-14-5-2-1-3-6-14)19-11-8-15(9-12-19)22-16-7-4-10-17-18-16/h1-7,10,15H,8-9,11-13H2. The summed E-state index contributed by atoms with van der Waals surface area (Å²) in [5, 5.41) is 7.66. The van der Waals surface area contributed by atoms with E-state index in [1.165, 1.54) is 0 Å². The van der Waals surface area contributed by atoms with Gasteiger partial charge in [0.2, 0.25) is 15.9 Å². The molecule has 0 saturated carbocycles. The number of hydrogen-bond acceptors (Lipinski definition) is 5. The molecule has 1 aliphatic heterocycles. The molecule has 7 heteroatoms. The highest BCUT2D eigenvalue weighted by Crippen LogP contribution is 2.20. The molecule has 2 aromatic rings. The number of rotatable bonds is 5. The van der Waals surface area contributed by atoms with Gasteiger partial charge in [0.05, 0.1) is 5.75 Å². The zero-order chi connectivity index (χ0) is 16.1. The molecule has 1 fully saturated rings. The van der Waals surface area contributed by atoms with E-state index in [0.717, 1.165) is 5.56 Å². The van der Waals surface area contributed by atoms with Crippen molar-refractivity contribution in [2.75, 3.05) is 13.1 Å². The van der Waals surface area contributed by atoms with Crippen LogP contribution < -0.4 is 4.74 Å². The Balaban J connectivity index is 1.56.